The Labute approximate surface area is 99.9 Å². The van der Waals surface area contributed by atoms with Crippen LogP contribution < -0.4 is 0 Å². The van der Waals surface area contributed by atoms with Gasteiger partial charge in [0.15, 0.2) is 0 Å². The second-order valence-electron chi connectivity index (χ2n) is 3.74. The second-order valence-corrected chi connectivity index (χ2v) is 3.74. The Kier molecular flexibility index (Phi) is 12.9. The van der Waals surface area contributed by atoms with Gasteiger partial charge in [0, 0.05) is 6.42 Å². The smallest absolute Gasteiger partial charge is 0.119 e. The van der Waals surface area contributed by atoms with Crippen molar-refractivity contribution >= 4 is 6.29 Å². The van der Waals surface area contributed by atoms with Crippen molar-refractivity contribution in [3.8, 4) is 0 Å². The third kappa shape index (κ3) is 12.9. The monoisotopic (exact) mass is 220 g/mol. The van der Waals surface area contributed by atoms with Crippen molar-refractivity contribution in [1.82, 2.24) is 0 Å². The van der Waals surface area contributed by atoms with E-state index in [1.54, 1.807) is 0 Å². The fourth-order valence-corrected chi connectivity index (χ4v) is 1.32. The molecule has 0 aliphatic rings. The maximum atomic E-state index is 10.1. The van der Waals surface area contributed by atoms with Crippen molar-refractivity contribution in [2.75, 3.05) is 0 Å². The van der Waals surface area contributed by atoms with Crippen LogP contribution in [0.5, 0.6) is 0 Å². The summed E-state index contributed by atoms with van der Waals surface area (Å²) in [6.45, 7) is 2.15. The molecule has 0 bridgehead atoms. The molecular formula is C15H24O. The molecule has 0 radical (unpaired) electrons. The Hall–Kier alpha value is -1.11. The van der Waals surface area contributed by atoms with E-state index in [-0.39, 0.29) is 0 Å². The van der Waals surface area contributed by atoms with Gasteiger partial charge in [-0.15, -0.1) is 0 Å². The molecule has 0 amide bonds. The lowest BCUT2D eigenvalue weighted by atomic mass is 10.2. The molecule has 0 rings (SSSR count). The molecule has 16 heavy (non-hydrogen) atoms. The number of hydrogen-bond donors (Lipinski definition) is 0. The van der Waals surface area contributed by atoms with Crippen molar-refractivity contribution in [2.45, 2.75) is 51.9 Å². The van der Waals surface area contributed by atoms with Gasteiger partial charge in [-0.1, -0.05) is 43.4 Å². The molecule has 0 spiro atoms. The quantitative estimate of drug-likeness (QED) is 0.298. The molecule has 0 atom stereocenters. The number of carbonyl (C=O) groups is 1. The first-order valence-electron chi connectivity index (χ1n) is 6.30. The minimum absolute atomic E-state index is 0.706. The Bertz CT molecular complexity index is 224. The Morgan fingerprint density at radius 2 is 1.31 bits per heavy atom. The first-order valence-corrected chi connectivity index (χ1v) is 6.30. The SMILES string of the molecule is CC/C=C\C/C=C\C/C=C\CCCCC=O. The van der Waals surface area contributed by atoms with Crippen LogP contribution in [0.4, 0.5) is 0 Å². The van der Waals surface area contributed by atoms with Crippen LogP contribution in [0.1, 0.15) is 51.9 Å². The van der Waals surface area contributed by atoms with E-state index in [9.17, 15) is 4.79 Å². The first-order chi connectivity index (χ1) is 7.91. The lowest BCUT2D eigenvalue weighted by molar-refractivity contribution is -0.107. The van der Waals surface area contributed by atoms with Crippen molar-refractivity contribution in [3.63, 3.8) is 0 Å². The zero-order chi connectivity index (χ0) is 11.9. The van der Waals surface area contributed by atoms with Gasteiger partial charge in [0.05, 0.1) is 0 Å². The van der Waals surface area contributed by atoms with Crippen molar-refractivity contribution < 1.29 is 4.79 Å². The maximum absolute atomic E-state index is 10.1. The summed E-state index contributed by atoms with van der Waals surface area (Å²) in [5.74, 6) is 0. The van der Waals surface area contributed by atoms with E-state index in [1.807, 2.05) is 0 Å². The van der Waals surface area contributed by atoms with E-state index >= 15 is 0 Å². The minimum atomic E-state index is 0.706. The molecule has 0 aliphatic carbocycles. The van der Waals surface area contributed by atoms with Gasteiger partial charge < -0.3 is 4.79 Å². The largest absolute Gasteiger partial charge is 0.303 e. The third-order valence-electron chi connectivity index (χ3n) is 2.22. The van der Waals surface area contributed by atoms with Gasteiger partial charge in [0.25, 0.3) is 0 Å². The minimum Gasteiger partial charge on any atom is -0.303 e. The molecule has 0 fully saturated rings. The summed E-state index contributed by atoms with van der Waals surface area (Å²) in [5.41, 5.74) is 0. The van der Waals surface area contributed by atoms with E-state index in [1.165, 1.54) is 0 Å². The van der Waals surface area contributed by atoms with Gasteiger partial charge in [-0.3, -0.25) is 0 Å². The van der Waals surface area contributed by atoms with Crippen LogP contribution in [0, 0.1) is 0 Å². The Morgan fingerprint density at radius 3 is 1.94 bits per heavy atom. The molecule has 90 valence electrons. The van der Waals surface area contributed by atoms with Gasteiger partial charge >= 0.3 is 0 Å². The van der Waals surface area contributed by atoms with Gasteiger partial charge in [0.1, 0.15) is 6.29 Å². The van der Waals surface area contributed by atoms with Crippen molar-refractivity contribution in [2.24, 2.45) is 0 Å². The van der Waals surface area contributed by atoms with Crippen LogP contribution in [-0.2, 0) is 4.79 Å². The van der Waals surface area contributed by atoms with E-state index < -0.39 is 0 Å². The zero-order valence-electron chi connectivity index (χ0n) is 10.4. The van der Waals surface area contributed by atoms with Crippen molar-refractivity contribution in [3.05, 3.63) is 36.5 Å². The van der Waals surface area contributed by atoms with Crippen LogP contribution >= 0.6 is 0 Å². The van der Waals surface area contributed by atoms with E-state index in [2.05, 4.69) is 43.4 Å². The predicted molar refractivity (Wildman–Crippen MR) is 71.5 cm³/mol. The highest BCUT2D eigenvalue weighted by atomic mass is 16.1. The number of allylic oxidation sites excluding steroid dienone is 6. The molecule has 0 heterocycles. The topological polar surface area (TPSA) is 17.1 Å². The van der Waals surface area contributed by atoms with E-state index in [0.717, 1.165) is 44.8 Å². The molecule has 0 aromatic carbocycles. The molecule has 0 N–H and O–H groups in total. The molecule has 0 saturated heterocycles. The predicted octanol–water partition coefficient (Wildman–Crippen LogP) is 4.60. The summed E-state index contributed by atoms with van der Waals surface area (Å²) >= 11 is 0. The average molecular weight is 220 g/mol. The summed E-state index contributed by atoms with van der Waals surface area (Å²) in [6, 6.07) is 0. The molecule has 0 unspecified atom stereocenters. The summed E-state index contributed by atoms with van der Waals surface area (Å²) < 4.78 is 0. The zero-order valence-corrected chi connectivity index (χ0v) is 10.4. The fraction of sp³-hybridized carbons (Fsp3) is 0.533. The lowest BCUT2D eigenvalue weighted by Crippen LogP contribution is -1.75. The summed E-state index contributed by atoms with van der Waals surface area (Å²) in [7, 11) is 0. The third-order valence-corrected chi connectivity index (χ3v) is 2.22. The van der Waals surface area contributed by atoms with E-state index in [0.29, 0.717) is 6.42 Å². The summed E-state index contributed by atoms with van der Waals surface area (Å²) in [5, 5.41) is 0. The highest BCUT2D eigenvalue weighted by Crippen LogP contribution is 2.00. The molecule has 0 saturated carbocycles. The van der Waals surface area contributed by atoms with Crippen molar-refractivity contribution in [1.29, 1.82) is 0 Å². The summed E-state index contributed by atoms with van der Waals surface area (Å²) in [4.78, 5) is 10.1. The van der Waals surface area contributed by atoms with Gasteiger partial charge in [0.2, 0.25) is 0 Å². The van der Waals surface area contributed by atoms with Gasteiger partial charge in [-0.25, -0.2) is 0 Å². The highest BCUT2D eigenvalue weighted by molar-refractivity contribution is 5.48. The summed E-state index contributed by atoms with van der Waals surface area (Å²) in [6.07, 6.45) is 21.3. The standard InChI is InChI=1S/C15H24O/c1-2-3-4-5-6-7-8-9-10-11-12-13-14-15-16/h3-4,6-7,9-10,15H,2,5,8,11-14H2,1H3/b4-3-,7-6-,10-9-. The Morgan fingerprint density at radius 1 is 0.750 bits per heavy atom. The number of rotatable bonds is 10. The number of carbonyl (C=O) groups excluding carboxylic acids is 1. The number of unbranched alkanes of at least 4 members (excludes halogenated alkanes) is 3. The maximum Gasteiger partial charge on any atom is 0.119 e. The molecule has 1 heteroatoms. The number of hydrogen-bond acceptors (Lipinski definition) is 1. The highest BCUT2D eigenvalue weighted by Gasteiger charge is 1.83. The van der Waals surface area contributed by atoms with Crippen LogP contribution in [-0.4, -0.2) is 6.29 Å². The Balaban J connectivity index is 3.26. The van der Waals surface area contributed by atoms with Crippen LogP contribution in [0.3, 0.4) is 0 Å². The van der Waals surface area contributed by atoms with Crippen LogP contribution in [0.2, 0.25) is 0 Å². The average Bonchev–Trinajstić information content (AvgIpc) is 2.31. The normalized spacial score (nSPS) is 12.1. The first kappa shape index (κ1) is 14.9. The van der Waals surface area contributed by atoms with Gasteiger partial charge in [-0.05, 0) is 38.5 Å². The van der Waals surface area contributed by atoms with E-state index in [4.69, 9.17) is 0 Å². The number of aldehydes is 1. The van der Waals surface area contributed by atoms with Crippen LogP contribution in [0.25, 0.3) is 0 Å². The van der Waals surface area contributed by atoms with Gasteiger partial charge in [-0.2, -0.15) is 0 Å². The molecule has 0 aromatic rings. The lowest BCUT2D eigenvalue weighted by Gasteiger charge is -1.90. The fourth-order valence-electron chi connectivity index (χ4n) is 1.32. The molecule has 0 aliphatic heterocycles. The van der Waals surface area contributed by atoms with Crippen LogP contribution in [0.15, 0.2) is 36.5 Å². The molecular weight excluding hydrogens is 196 g/mol. The molecule has 0 aromatic heterocycles. The molecule has 1 nitrogen and oxygen atoms in total. The second kappa shape index (κ2) is 13.9.